The molecule has 212 valence electrons. The zero-order valence-corrected chi connectivity index (χ0v) is 24.6. The average Bonchev–Trinajstić information content (AvgIpc) is 2.92. The van der Waals surface area contributed by atoms with Crippen molar-refractivity contribution in [2.24, 2.45) is 16.1 Å². The number of benzene rings is 2. The monoisotopic (exact) mass is 603 g/mol. The van der Waals surface area contributed by atoms with Crippen LogP contribution in [0.15, 0.2) is 45.9 Å². The van der Waals surface area contributed by atoms with E-state index in [1.54, 1.807) is 20.2 Å². The maximum Gasteiger partial charge on any atom is 0.258 e. The summed E-state index contributed by atoms with van der Waals surface area (Å²) in [6.07, 6.45) is 4.27. The van der Waals surface area contributed by atoms with Crippen molar-refractivity contribution in [2.45, 2.75) is 45.4 Å². The van der Waals surface area contributed by atoms with E-state index in [-0.39, 0.29) is 22.8 Å². The van der Waals surface area contributed by atoms with Gasteiger partial charge in [-0.1, -0.05) is 28.9 Å². The molecule has 0 radical (unpaired) electrons. The molecule has 2 aromatic carbocycles. The molecule has 2 amide bonds. The number of carbonyl (C=O) groups excluding carboxylic acids is 2. The van der Waals surface area contributed by atoms with Gasteiger partial charge in [0.05, 0.1) is 7.11 Å². The largest absolute Gasteiger partial charge is 0.496 e. The highest BCUT2D eigenvalue weighted by Crippen LogP contribution is 2.31. The third kappa shape index (κ3) is 8.50. The highest BCUT2D eigenvalue weighted by molar-refractivity contribution is 9.10. The van der Waals surface area contributed by atoms with Gasteiger partial charge in [-0.25, -0.2) is 4.39 Å². The van der Waals surface area contributed by atoms with Crippen molar-refractivity contribution in [2.75, 3.05) is 40.3 Å². The van der Waals surface area contributed by atoms with Crippen molar-refractivity contribution in [3.63, 3.8) is 0 Å². The van der Waals surface area contributed by atoms with E-state index < -0.39 is 11.7 Å². The Morgan fingerprint density at radius 3 is 2.62 bits per heavy atom. The molecule has 0 aliphatic carbocycles. The molecular formula is C29H39BrFN5O3. The Balaban J connectivity index is 1.48. The van der Waals surface area contributed by atoms with Crippen molar-refractivity contribution in [1.29, 1.82) is 0 Å². The summed E-state index contributed by atoms with van der Waals surface area (Å²) in [5.41, 5.74) is 7.15. The fraction of sp³-hybridized carbons (Fsp3) is 0.483. The van der Waals surface area contributed by atoms with Gasteiger partial charge in [0.25, 0.3) is 5.91 Å². The molecule has 3 rings (SSSR count). The number of rotatable bonds is 11. The highest BCUT2D eigenvalue weighted by Gasteiger charge is 2.35. The molecule has 8 nitrogen and oxygen atoms in total. The number of guanidine groups is 1. The Bertz CT molecular complexity index is 1180. The van der Waals surface area contributed by atoms with Crippen molar-refractivity contribution >= 4 is 33.7 Å². The van der Waals surface area contributed by atoms with Gasteiger partial charge in [-0.15, -0.1) is 0 Å². The lowest BCUT2D eigenvalue weighted by molar-refractivity contribution is -0.132. The van der Waals surface area contributed by atoms with E-state index in [0.29, 0.717) is 30.7 Å². The second-order valence-electron chi connectivity index (χ2n) is 10.1. The lowest BCUT2D eigenvalue weighted by atomic mass is 9.79. The van der Waals surface area contributed by atoms with E-state index in [2.05, 4.69) is 36.5 Å². The van der Waals surface area contributed by atoms with E-state index >= 15 is 0 Å². The van der Waals surface area contributed by atoms with Crippen LogP contribution in [0.5, 0.6) is 5.75 Å². The molecule has 2 aromatic rings. The number of aryl methyl sites for hydroxylation is 1. The second kappa shape index (κ2) is 14.4. The van der Waals surface area contributed by atoms with Gasteiger partial charge in [0, 0.05) is 34.6 Å². The van der Waals surface area contributed by atoms with Crippen LogP contribution in [0.2, 0.25) is 0 Å². The molecule has 1 heterocycles. The number of halogens is 2. The minimum absolute atomic E-state index is 0.0168. The molecule has 0 aromatic heterocycles. The molecule has 1 aliphatic heterocycles. The SMILES string of the molecule is CNC(=O)C1(C)CCN(CCCCN=C(N)NC(=O)c2cccc(F)c2CCc2cc(Br)ccc2OC)CC1. The zero-order valence-electron chi connectivity index (χ0n) is 23.0. The van der Waals surface area contributed by atoms with Crippen LogP contribution >= 0.6 is 15.9 Å². The van der Waals surface area contributed by atoms with Crippen molar-refractivity contribution in [3.05, 3.63) is 63.4 Å². The van der Waals surface area contributed by atoms with Gasteiger partial charge in [-0.2, -0.15) is 0 Å². The van der Waals surface area contributed by atoms with E-state index in [1.165, 1.54) is 12.1 Å². The van der Waals surface area contributed by atoms with Gasteiger partial charge >= 0.3 is 0 Å². The molecule has 10 heteroatoms. The van der Waals surface area contributed by atoms with Gasteiger partial charge in [0.2, 0.25) is 5.91 Å². The lowest BCUT2D eigenvalue weighted by Crippen LogP contribution is -2.46. The third-order valence-corrected chi connectivity index (χ3v) is 7.88. The first-order valence-electron chi connectivity index (χ1n) is 13.3. The molecule has 0 bridgehead atoms. The third-order valence-electron chi connectivity index (χ3n) is 7.39. The lowest BCUT2D eigenvalue weighted by Gasteiger charge is -2.38. The Kier molecular flexibility index (Phi) is 11.3. The first-order chi connectivity index (χ1) is 18.7. The minimum Gasteiger partial charge on any atom is -0.496 e. The summed E-state index contributed by atoms with van der Waals surface area (Å²) < 4.78 is 21.1. The van der Waals surface area contributed by atoms with Crippen LogP contribution in [0, 0.1) is 11.2 Å². The molecule has 39 heavy (non-hydrogen) atoms. The van der Waals surface area contributed by atoms with Crippen molar-refractivity contribution in [1.82, 2.24) is 15.5 Å². The number of nitrogens with two attached hydrogens (primary N) is 1. The number of piperidine rings is 1. The van der Waals surface area contributed by atoms with Crippen LogP contribution in [0.1, 0.15) is 54.1 Å². The quantitative estimate of drug-likeness (QED) is 0.204. The molecule has 0 saturated carbocycles. The average molecular weight is 605 g/mol. The summed E-state index contributed by atoms with van der Waals surface area (Å²) in [6, 6.07) is 10.1. The van der Waals surface area contributed by atoms with Crippen molar-refractivity contribution < 1.29 is 18.7 Å². The number of unbranched alkanes of at least 4 members (excludes halogenated alkanes) is 1. The molecule has 0 atom stereocenters. The number of amides is 2. The predicted molar refractivity (Wildman–Crippen MR) is 156 cm³/mol. The van der Waals surface area contributed by atoms with Gasteiger partial charge in [0.15, 0.2) is 5.96 Å². The van der Waals surface area contributed by atoms with Gasteiger partial charge in [-0.05, 0) is 94.1 Å². The number of ether oxygens (including phenoxy) is 1. The normalized spacial score (nSPS) is 15.6. The standard InChI is InChI=1S/C29H39BrFN5O3/c1-29(27(38)33-2)13-17-36(18-14-29)16-5-4-15-34-28(32)35-26(37)23-7-6-8-24(31)22(23)11-9-20-19-21(30)10-12-25(20)39-3/h6-8,10,12,19H,4-5,9,11,13-18H2,1-3H3,(H,33,38)(H3,32,34,35,37). The molecule has 1 fully saturated rings. The number of aliphatic imine (C=N–C) groups is 1. The van der Waals surface area contributed by atoms with Crippen LogP contribution in [-0.4, -0.2) is 63.0 Å². The van der Waals surface area contributed by atoms with Gasteiger partial charge in [0.1, 0.15) is 11.6 Å². The van der Waals surface area contributed by atoms with E-state index in [0.717, 1.165) is 55.4 Å². The van der Waals surface area contributed by atoms with Crippen LogP contribution in [0.4, 0.5) is 4.39 Å². The zero-order chi connectivity index (χ0) is 28.4. The predicted octanol–water partition coefficient (Wildman–Crippen LogP) is 4.05. The molecule has 0 spiro atoms. The summed E-state index contributed by atoms with van der Waals surface area (Å²) in [6.45, 7) is 5.24. The number of hydrogen-bond donors (Lipinski definition) is 3. The molecule has 1 aliphatic rings. The fourth-order valence-electron chi connectivity index (χ4n) is 4.90. The summed E-state index contributed by atoms with van der Waals surface area (Å²) in [5, 5.41) is 5.37. The molecule has 4 N–H and O–H groups in total. The Morgan fingerprint density at radius 2 is 1.92 bits per heavy atom. The number of nitrogens with zero attached hydrogens (tertiary/aromatic N) is 2. The molecular weight excluding hydrogens is 565 g/mol. The first kappa shape index (κ1) is 30.6. The topological polar surface area (TPSA) is 109 Å². The van der Waals surface area contributed by atoms with Gasteiger partial charge in [-0.3, -0.25) is 19.9 Å². The maximum absolute atomic E-state index is 14.7. The van der Waals surface area contributed by atoms with E-state index in [9.17, 15) is 14.0 Å². The summed E-state index contributed by atoms with van der Waals surface area (Å²) in [4.78, 5) is 31.7. The van der Waals surface area contributed by atoms with Crippen LogP contribution < -0.4 is 21.1 Å². The Morgan fingerprint density at radius 1 is 1.18 bits per heavy atom. The number of carbonyl (C=O) groups is 2. The van der Waals surface area contributed by atoms with Crippen LogP contribution in [0.25, 0.3) is 0 Å². The van der Waals surface area contributed by atoms with Crippen molar-refractivity contribution in [3.8, 4) is 5.75 Å². The molecule has 1 saturated heterocycles. The summed E-state index contributed by atoms with van der Waals surface area (Å²) in [5.74, 6) is -0.0910. The van der Waals surface area contributed by atoms with E-state index in [4.69, 9.17) is 10.5 Å². The van der Waals surface area contributed by atoms with Crippen LogP contribution in [-0.2, 0) is 17.6 Å². The summed E-state index contributed by atoms with van der Waals surface area (Å²) >= 11 is 3.46. The number of nitrogens with one attached hydrogen (secondary N) is 2. The number of methoxy groups -OCH3 is 1. The Labute approximate surface area is 238 Å². The second-order valence-corrected chi connectivity index (χ2v) is 11.0. The highest BCUT2D eigenvalue weighted by atomic mass is 79.9. The number of hydrogen-bond acceptors (Lipinski definition) is 5. The Hall–Kier alpha value is -2.98. The molecule has 0 unspecified atom stereocenters. The minimum atomic E-state index is -0.487. The van der Waals surface area contributed by atoms with Crippen LogP contribution in [0.3, 0.4) is 0 Å². The maximum atomic E-state index is 14.7. The van der Waals surface area contributed by atoms with Gasteiger partial charge < -0.3 is 20.7 Å². The number of likely N-dealkylation sites (tertiary alicyclic amines) is 1. The fourth-order valence-corrected chi connectivity index (χ4v) is 5.31. The van der Waals surface area contributed by atoms with E-state index in [1.807, 2.05) is 25.1 Å². The summed E-state index contributed by atoms with van der Waals surface area (Å²) in [7, 11) is 3.28. The smallest absolute Gasteiger partial charge is 0.258 e. The first-order valence-corrected chi connectivity index (χ1v) is 14.1.